The van der Waals surface area contributed by atoms with E-state index in [2.05, 4.69) is 34.2 Å². The Labute approximate surface area is 121 Å². The number of pyridine rings is 1. The van der Waals surface area contributed by atoms with Gasteiger partial charge in [0.15, 0.2) is 0 Å². The summed E-state index contributed by atoms with van der Waals surface area (Å²) < 4.78 is 2.13. The van der Waals surface area contributed by atoms with Crippen LogP contribution >= 0.6 is 11.3 Å². The van der Waals surface area contributed by atoms with Gasteiger partial charge in [-0.1, -0.05) is 36.4 Å². The highest BCUT2D eigenvalue weighted by Gasteiger charge is 2.15. The van der Waals surface area contributed by atoms with Crippen molar-refractivity contribution in [1.29, 1.82) is 0 Å². The number of aromatic nitrogens is 2. The number of imidazole rings is 1. The van der Waals surface area contributed by atoms with Gasteiger partial charge < -0.3 is 0 Å². The van der Waals surface area contributed by atoms with Crippen molar-refractivity contribution in [3.05, 3.63) is 71.6 Å². The minimum atomic E-state index is 0.959. The zero-order valence-electron chi connectivity index (χ0n) is 10.7. The van der Waals surface area contributed by atoms with E-state index in [1.54, 1.807) is 11.3 Å². The zero-order valence-corrected chi connectivity index (χ0v) is 11.5. The third kappa shape index (κ3) is 1.75. The van der Waals surface area contributed by atoms with Gasteiger partial charge in [0.1, 0.15) is 5.65 Å². The van der Waals surface area contributed by atoms with Gasteiger partial charge in [-0.15, -0.1) is 11.3 Å². The summed E-state index contributed by atoms with van der Waals surface area (Å²) in [4.78, 5) is 4.79. The minimum Gasteiger partial charge on any atom is -0.299 e. The van der Waals surface area contributed by atoms with E-state index >= 15 is 0 Å². The molecule has 0 amide bonds. The van der Waals surface area contributed by atoms with Gasteiger partial charge in [0.25, 0.3) is 0 Å². The van der Waals surface area contributed by atoms with E-state index in [0.29, 0.717) is 0 Å². The molecule has 95 valence electrons. The summed E-state index contributed by atoms with van der Waals surface area (Å²) in [6.07, 6.45) is 2.05. The van der Waals surface area contributed by atoms with E-state index in [-0.39, 0.29) is 0 Å². The average Bonchev–Trinajstić information content (AvgIpc) is 3.14. The van der Waals surface area contributed by atoms with Gasteiger partial charge in [-0.2, -0.15) is 0 Å². The number of thiophene rings is 1. The van der Waals surface area contributed by atoms with Crippen molar-refractivity contribution in [2.24, 2.45) is 0 Å². The summed E-state index contributed by atoms with van der Waals surface area (Å²) >= 11 is 1.58. The number of nitrogens with zero attached hydrogens (tertiary/aromatic N) is 2. The first kappa shape index (κ1) is 11.4. The maximum atomic E-state index is 4.79. The molecule has 0 spiro atoms. The van der Waals surface area contributed by atoms with Crippen molar-refractivity contribution in [3.63, 3.8) is 0 Å². The van der Waals surface area contributed by atoms with Crippen LogP contribution in [-0.2, 0) is 0 Å². The fraction of sp³-hybridized carbons (Fsp3) is 0. The molecular weight excluding hydrogens is 264 g/mol. The molecule has 0 atom stereocenters. The second-order valence-corrected chi connectivity index (χ2v) is 5.25. The molecule has 4 rings (SSSR count). The summed E-state index contributed by atoms with van der Waals surface area (Å²) in [5, 5.41) is 5.37. The number of rotatable bonds is 2. The molecule has 0 aliphatic rings. The molecule has 1 aromatic carbocycles. The first-order valence-electron chi connectivity index (χ1n) is 6.41. The molecule has 0 N–H and O–H groups in total. The first-order valence-corrected chi connectivity index (χ1v) is 7.29. The predicted molar refractivity (Wildman–Crippen MR) is 82.8 cm³/mol. The van der Waals surface area contributed by atoms with Crippen LogP contribution in [-0.4, -0.2) is 9.38 Å². The summed E-state index contributed by atoms with van der Waals surface area (Å²) in [7, 11) is 0. The number of hydrogen-bond donors (Lipinski definition) is 0. The standard InChI is InChI=1S/C17H11N2S/c1-2-6-13(7-3-1)16-17(14-9-11-20-12-14)19-10-5-4-8-15(19)18-16/h1-11H. The summed E-state index contributed by atoms with van der Waals surface area (Å²) in [6, 6.07) is 18.5. The maximum Gasteiger partial charge on any atom is 0.137 e. The maximum absolute atomic E-state index is 4.79. The van der Waals surface area contributed by atoms with E-state index < -0.39 is 0 Å². The Morgan fingerprint density at radius 1 is 0.950 bits per heavy atom. The largest absolute Gasteiger partial charge is 0.299 e. The number of fused-ring (bicyclic) bond motifs is 1. The van der Waals surface area contributed by atoms with Gasteiger partial charge in [0.05, 0.1) is 16.8 Å². The Hall–Kier alpha value is -2.39. The van der Waals surface area contributed by atoms with Crippen molar-refractivity contribution in [2.45, 2.75) is 0 Å². The van der Waals surface area contributed by atoms with Crippen LogP contribution in [0.15, 0.2) is 66.2 Å². The fourth-order valence-corrected chi connectivity index (χ4v) is 2.98. The van der Waals surface area contributed by atoms with Crippen molar-refractivity contribution < 1.29 is 0 Å². The first-order chi connectivity index (χ1) is 9.93. The second-order valence-electron chi connectivity index (χ2n) is 4.54. The lowest BCUT2D eigenvalue weighted by Gasteiger charge is -2.02. The molecule has 3 heteroatoms. The molecule has 0 fully saturated rings. The van der Waals surface area contributed by atoms with Crippen LogP contribution in [0, 0.1) is 5.38 Å². The quantitative estimate of drug-likeness (QED) is 0.525. The van der Waals surface area contributed by atoms with Crippen LogP contribution in [0.5, 0.6) is 0 Å². The molecule has 0 saturated carbocycles. The third-order valence-electron chi connectivity index (χ3n) is 3.30. The van der Waals surface area contributed by atoms with Crippen LogP contribution in [0.3, 0.4) is 0 Å². The Morgan fingerprint density at radius 2 is 1.80 bits per heavy atom. The Morgan fingerprint density at radius 3 is 2.60 bits per heavy atom. The third-order valence-corrected chi connectivity index (χ3v) is 3.91. The molecule has 20 heavy (non-hydrogen) atoms. The summed E-state index contributed by atoms with van der Waals surface area (Å²) in [5.41, 5.74) is 5.29. The van der Waals surface area contributed by atoms with Crippen LogP contribution in [0.2, 0.25) is 0 Å². The van der Waals surface area contributed by atoms with Gasteiger partial charge in [-0.05, 0) is 23.6 Å². The molecule has 4 aromatic rings. The Balaban J connectivity index is 2.08. The molecular formula is C17H11N2S. The monoisotopic (exact) mass is 275 g/mol. The molecule has 2 nitrogen and oxygen atoms in total. The highest BCUT2D eigenvalue weighted by Crippen LogP contribution is 2.33. The highest BCUT2D eigenvalue weighted by molar-refractivity contribution is 7.07. The predicted octanol–water partition coefficient (Wildman–Crippen LogP) is 4.53. The van der Waals surface area contributed by atoms with Crippen LogP contribution < -0.4 is 0 Å². The lowest BCUT2D eigenvalue weighted by molar-refractivity contribution is 1.19. The number of benzene rings is 1. The molecule has 0 bridgehead atoms. The van der Waals surface area contributed by atoms with Crippen molar-refractivity contribution >= 4 is 17.0 Å². The molecule has 0 unspecified atom stereocenters. The van der Waals surface area contributed by atoms with Crippen molar-refractivity contribution in [3.8, 4) is 22.5 Å². The number of hydrogen-bond acceptors (Lipinski definition) is 2. The van der Waals surface area contributed by atoms with Gasteiger partial charge >= 0.3 is 0 Å². The second kappa shape index (κ2) is 4.62. The SMILES string of the molecule is [c]1sccc1-c1c(-c2ccccc2)nc2ccccn12. The Bertz CT molecular complexity index is 845. The van der Waals surface area contributed by atoms with Crippen molar-refractivity contribution in [1.82, 2.24) is 9.38 Å². The molecule has 3 aromatic heterocycles. The Kier molecular flexibility index (Phi) is 2.64. The fourth-order valence-electron chi connectivity index (χ4n) is 2.41. The molecule has 0 saturated heterocycles. The molecule has 1 radical (unpaired) electrons. The van der Waals surface area contributed by atoms with E-state index in [1.807, 2.05) is 41.8 Å². The lowest BCUT2D eigenvalue weighted by atomic mass is 10.1. The average molecular weight is 275 g/mol. The van der Waals surface area contributed by atoms with E-state index in [9.17, 15) is 0 Å². The van der Waals surface area contributed by atoms with Gasteiger partial charge in [0, 0.05) is 17.3 Å². The zero-order chi connectivity index (χ0) is 13.4. The summed E-state index contributed by atoms with van der Waals surface area (Å²) in [6.45, 7) is 0. The van der Waals surface area contributed by atoms with Gasteiger partial charge in [-0.3, -0.25) is 4.40 Å². The summed E-state index contributed by atoms with van der Waals surface area (Å²) in [5.74, 6) is 0. The highest BCUT2D eigenvalue weighted by atomic mass is 32.1. The minimum absolute atomic E-state index is 0.959. The van der Waals surface area contributed by atoms with Crippen molar-refractivity contribution in [2.75, 3.05) is 0 Å². The topological polar surface area (TPSA) is 17.3 Å². The normalized spacial score (nSPS) is 11.0. The van der Waals surface area contributed by atoms with Crippen LogP contribution in [0.25, 0.3) is 28.2 Å². The molecule has 0 aliphatic heterocycles. The van der Waals surface area contributed by atoms with Gasteiger partial charge in [-0.25, -0.2) is 4.98 Å². The molecule has 0 aliphatic carbocycles. The van der Waals surface area contributed by atoms with Crippen LogP contribution in [0.1, 0.15) is 0 Å². The van der Waals surface area contributed by atoms with E-state index in [4.69, 9.17) is 4.98 Å². The van der Waals surface area contributed by atoms with E-state index in [0.717, 1.165) is 28.2 Å². The van der Waals surface area contributed by atoms with Crippen LogP contribution in [0.4, 0.5) is 0 Å². The van der Waals surface area contributed by atoms with E-state index in [1.165, 1.54) is 0 Å². The smallest absolute Gasteiger partial charge is 0.137 e. The lowest BCUT2D eigenvalue weighted by Crippen LogP contribution is -1.87. The molecule has 3 heterocycles. The van der Waals surface area contributed by atoms with Gasteiger partial charge in [0.2, 0.25) is 0 Å².